The summed E-state index contributed by atoms with van der Waals surface area (Å²) in [5, 5.41) is 3.57. The van der Waals surface area contributed by atoms with Gasteiger partial charge in [-0.25, -0.2) is 0 Å². The molecule has 1 heterocycles. The van der Waals surface area contributed by atoms with E-state index in [1.54, 1.807) is 0 Å². The molecule has 1 aliphatic heterocycles. The first-order valence-electron chi connectivity index (χ1n) is 6.95. The quantitative estimate of drug-likeness (QED) is 0.896. The lowest BCUT2D eigenvalue weighted by Crippen LogP contribution is -2.42. The second-order valence-corrected chi connectivity index (χ2v) is 6.02. The summed E-state index contributed by atoms with van der Waals surface area (Å²) in [6, 6.07) is 9.07. The molecule has 1 aliphatic rings. The Kier molecular flexibility index (Phi) is 5.67. The molecular formula is C15H23BrN2. The Morgan fingerprint density at radius 2 is 1.94 bits per heavy atom. The summed E-state index contributed by atoms with van der Waals surface area (Å²) in [6.07, 6.45) is 4.15. The largest absolute Gasteiger partial charge is 0.311 e. The zero-order valence-corrected chi connectivity index (χ0v) is 12.7. The van der Waals surface area contributed by atoms with Crippen LogP contribution in [0.1, 0.15) is 31.7 Å². The summed E-state index contributed by atoms with van der Waals surface area (Å²) < 4.78 is 1.20. The predicted octanol–water partition coefficient (Wildman–Crippen LogP) is 3.41. The maximum absolute atomic E-state index is 3.59. The molecule has 0 bridgehead atoms. The van der Waals surface area contributed by atoms with Crippen LogP contribution in [0.3, 0.4) is 0 Å². The van der Waals surface area contributed by atoms with E-state index in [0.29, 0.717) is 6.04 Å². The lowest BCUT2D eigenvalue weighted by Gasteiger charge is -2.32. The molecule has 1 aromatic carbocycles. The first-order chi connectivity index (χ1) is 8.77. The highest BCUT2D eigenvalue weighted by Gasteiger charge is 2.15. The van der Waals surface area contributed by atoms with Gasteiger partial charge in [0.2, 0.25) is 0 Å². The molecule has 100 valence electrons. The second kappa shape index (κ2) is 7.27. The van der Waals surface area contributed by atoms with Gasteiger partial charge in [-0.1, -0.05) is 40.5 Å². The number of hydrogen-bond acceptors (Lipinski definition) is 2. The van der Waals surface area contributed by atoms with Crippen LogP contribution in [-0.2, 0) is 6.54 Å². The summed E-state index contributed by atoms with van der Waals surface area (Å²) in [5.41, 5.74) is 1.34. The summed E-state index contributed by atoms with van der Waals surface area (Å²) in [5.74, 6) is 0. The number of nitrogens with zero attached hydrogens (tertiary/aromatic N) is 1. The van der Waals surface area contributed by atoms with Crippen LogP contribution in [0.25, 0.3) is 0 Å². The lowest BCUT2D eigenvalue weighted by atomic mass is 10.1. The van der Waals surface area contributed by atoms with Gasteiger partial charge in [0.15, 0.2) is 0 Å². The zero-order chi connectivity index (χ0) is 12.8. The maximum Gasteiger partial charge on any atom is 0.0220 e. The highest BCUT2D eigenvalue weighted by molar-refractivity contribution is 9.10. The van der Waals surface area contributed by atoms with Gasteiger partial charge in [-0.2, -0.15) is 0 Å². The minimum absolute atomic E-state index is 0.646. The average molecular weight is 311 g/mol. The SMILES string of the molecule is CC(CNCc1ccccc1Br)N1CCCCC1. The monoisotopic (exact) mass is 310 g/mol. The van der Waals surface area contributed by atoms with Gasteiger partial charge >= 0.3 is 0 Å². The normalized spacial score (nSPS) is 18.8. The molecule has 1 aromatic rings. The zero-order valence-electron chi connectivity index (χ0n) is 11.2. The van der Waals surface area contributed by atoms with Crippen molar-refractivity contribution in [1.29, 1.82) is 0 Å². The standard InChI is InChI=1S/C15H23BrN2/c1-13(18-9-5-2-6-10-18)11-17-12-14-7-3-4-8-15(14)16/h3-4,7-8,13,17H,2,5-6,9-12H2,1H3. The second-order valence-electron chi connectivity index (χ2n) is 5.17. The number of piperidine rings is 1. The molecule has 2 nitrogen and oxygen atoms in total. The van der Waals surface area contributed by atoms with Gasteiger partial charge in [-0.05, 0) is 44.5 Å². The Labute approximate surface area is 119 Å². The molecule has 0 aliphatic carbocycles. The van der Waals surface area contributed by atoms with Crippen LogP contribution in [0.5, 0.6) is 0 Å². The molecule has 0 saturated carbocycles. The lowest BCUT2D eigenvalue weighted by molar-refractivity contribution is 0.170. The van der Waals surface area contributed by atoms with Crippen LogP contribution in [0.15, 0.2) is 28.7 Å². The summed E-state index contributed by atoms with van der Waals surface area (Å²) in [4.78, 5) is 2.61. The number of rotatable bonds is 5. The molecule has 18 heavy (non-hydrogen) atoms. The fourth-order valence-corrected chi connectivity index (χ4v) is 2.97. The molecule has 3 heteroatoms. The first-order valence-corrected chi connectivity index (χ1v) is 7.75. The number of nitrogens with one attached hydrogen (secondary N) is 1. The fraction of sp³-hybridized carbons (Fsp3) is 0.600. The Balaban J connectivity index is 1.73. The Morgan fingerprint density at radius 3 is 2.67 bits per heavy atom. The molecule has 0 spiro atoms. The molecule has 1 fully saturated rings. The molecule has 1 unspecified atom stereocenters. The minimum atomic E-state index is 0.646. The topological polar surface area (TPSA) is 15.3 Å². The summed E-state index contributed by atoms with van der Waals surface area (Å²) >= 11 is 3.59. The fourth-order valence-electron chi connectivity index (χ4n) is 2.55. The van der Waals surface area contributed by atoms with Gasteiger partial charge < -0.3 is 5.32 Å². The molecular weight excluding hydrogens is 288 g/mol. The third kappa shape index (κ3) is 4.08. The first kappa shape index (κ1) is 14.0. The molecule has 1 atom stereocenters. The van der Waals surface area contributed by atoms with Gasteiger partial charge in [-0.15, -0.1) is 0 Å². The Hall–Kier alpha value is -0.380. The van der Waals surface area contributed by atoms with Gasteiger partial charge in [0, 0.05) is 23.6 Å². The third-order valence-electron chi connectivity index (χ3n) is 3.73. The number of halogens is 1. The van der Waals surface area contributed by atoms with Crippen molar-refractivity contribution in [3.63, 3.8) is 0 Å². The molecule has 0 aromatic heterocycles. The molecule has 1 saturated heterocycles. The van der Waals surface area contributed by atoms with Crippen LogP contribution in [0.4, 0.5) is 0 Å². The molecule has 1 N–H and O–H groups in total. The summed E-state index contributed by atoms with van der Waals surface area (Å²) in [7, 11) is 0. The van der Waals surface area contributed by atoms with E-state index in [1.807, 2.05) is 0 Å². The smallest absolute Gasteiger partial charge is 0.0220 e. The summed E-state index contributed by atoms with van der Waals surface area (Å²) in [6.45, 7) is 6.90. The van der Waals surface area contributed by atoms with E-state index in [9.17, 15) is 0 Å². The molecule has 0 radical (unpaired) electrons. The van der Waals surface area contributed by atoms with Gasteiger partial charge in [0.1, 0.15) is 0 Å². The van der Waals surface area contributed by atoms with E-state index in [-0.39, 0.29) is 0 Å². The van der Waals surface area contributed by atoms with Crippen LogP contribution in [0, 0.1) is 0 Å². The molecule has 0 amide bonds. The van der Waals surface area contributed by atoms with Crippen molar-refractivity contribution in [1.82, 2.24) is 10.2 Å². The van der Waals surface area contributed by atoms with Crippen LogP contribution in [-0.4, -0.2) is 30.6 Å². The third-order valence-corrected chi connectivity index (χ3v) is 4.50. The van der Waals surface area contributed by atoms with E-state index in [2.05, 4.69) is 57.3 Å². The van der Waals surface area contributed by atoms with E-state index in [0.717, 1.165) is 13.1 Å². The van der Waals surface area contributed by atoms with E-state index < -0.39 is 0 Å². The van der Waals surface area contributed by atoms with Crippen molar-refractivity contribution in [3.05, 3.63) is 34.3 Å². The van der Waals surface area contributed by atoms with Crippen molar-refractivity contribution in [2.45, 2.75) is 38.8 Å². The predicted molar refractivity (Wildman–Crippen MR) is 80.7 cm³/mol. The van der Waals surface area contributed by atoms with Gasteiger partial charge in [0.25, 0.3) is 0 Å². The highest BCUT2D eigenvalue weighted by atomic mass is 79.9. The van der Waals surface area contributed by atoms with Gasteiger partial charge in [0.05, 0.1) is 0 Å². The van der Waals surface area contributed by atoms with Crippen LogP contribution in [0.2, 0.25) is 0 Å². The van der Waals surface area contributed by atoms with Crippen molar-refractivity contribution >= 4 is 15.9 Å². The van der Waals surface area contributed by atoms with Crippen LogP contribution >= 0.6 is 15.9 Å². The van der Waals surface area contributed by atoms with Crippen LogP contribution < -0.4 is 5.32 Å². The molecule has 2 rings (SSSR count). The Bertz CT molecular complexity index is 361. The number of likely N-dealkylation sites (tertiary alicyclic amines) is 1. The van der Waals surface area contributed by atoms with Crippen molar-refractivity contribution in [2.75, 3.05) is 19.6 Å². The number of hydrogen-bond donors (Lipinski definition) is 1. The van der Waals surface area contributed by atoms with Crippen molar-refractivity contribution in [3.8, 4) is 0 Å². The van der Waals surface area contributed by atoms with E-state index in [1.165, 1.54) is 42.4 Å². The maximum atomic E-state index is 3.59. The van der Waals surface area contributed by atoms with Crippen molar-refractivity contribution in [2.24, 2.45) is 0 Å². The van der Waals surface area contributed by atoms with E-state index >= 15 is 0 Å². The van der Waals surface area contributed by atoms with Gasteiger partial charge in [-0.3, -0.25) is 4.90 Å². The highest BCUT2D eigenvalue weighted by Crippen LogP contribution is 2.15. The van der Waals surface area contributed by atoms with Crippen molar-refractivity contribution < 1.29 is 0 Å². The minimum Gasteiger partial charge on any atom is -0.311 e. The van der Waals surface area contributed by atoms with E-state index in [4.69, 9.17) is 0 Å². The number of benzene rings is 1. The Morgan fingerprint density at radius 1 is 1.22 bits per heavy atom. The average Bonchev–Trinajstić information content (AvgIpc) is 2.42.